The summed E-state index contributed by atoms with van der Waals surface area (Å²) < 4.78 is 1.81. The predicted octanol–water partition coefficient (Wildman–Crippen LogP) is 0.579. The van der Waals surface area contributed by atoms with Crippen LogP contribution in [0.1, 0.15) is 19.0 Å². The van der Waals surface area contributed by atoms with Crippen molar-refractivity contribution >= 4 is 5.82 Å². The van der Waals surface area contributed by atoms with Gasteiger partial charge in [-0.15, -0.1) is 5.10 Å². The Morgan fingerprint density at radius 1 is 1.60 bits per heavy atom. The van der Waals surface area contributed by atoms with E-state index in [0.29, 0.717) is 5.82 Å². The van der Waals surface area contributed by atoms with Crippen LogP contribution < -0.4 is 5.73 Å². The number of rotatable bonds is 2. The lowest BCUT2D eigenvalue weighted by atomic mass is 10.4. The second-order valence-corrected chi connectivity index (χ2v) is 2.28. The fourth-order valence-electron chi connectivity index (χ4n) is 0.798. The largest absolute Gasteiger partial charge is 0.381 e. The monoisotopic (exact) mass is 140 g/mol. The molecule has 0 spiro atoms. The van der Waals surface area contributed by atoms with Gasteiger partial charge in [-0.2, -0.15) is 0 Å². The molecule has 1 aromatic rings. The maximum atomic E-state index is 5.48. The second kappa shape index (κ2) is 2.68. The first-order chi connectivity index (χ1) is 4.75. The Hall–Kier alpha value is -1.06. The molecule has 0 aliphatic rings. The highest BCUT2D eigenvalue weighted by Gasteiger charge is 2.01. The van der Waals surface area contributed by atoms with Gasteiger partial charge < -0.3 is 5.73 Å². The number of nitrogens with two attached hydrogens (primary N) is 1. The van der Waals surface area contributed by atoms with E-state index in [2.05, 4.69) is 17.2 Å². The van der Waals surface area contributed by atoms with Gasteiger partial charge in [-0.1, -0.05) is 12.1 Å². The van der Waals surface area contributed by atoms with Gasteiger partial charge in [0.15, 0.2) is 5.82 Å². The minimum Gasteiger partial charge on any atom is -0.381 e. The normalized spacial score (nSPS) is 10.2. The standard InChI is InChI=1S/C6H12N4/c1-3-4-10-5(2)6(7)8-9-10/h3-4,7H2,1-2H3. The fourth-order valence-corrected chi connectivity index (χ4v) is 0.798. The summed E-state index contributed by atoms with van der Waals surface area (Å²) in [7, 11) is 0. The van der Waals surface area contributed by atoms with Gasteiger partial charge >= 0.3 is 0 Å². The molecule has 0 unspecified atom stereocenters. The molecule has 0 amide bonds. The lowest BCUT2D eigenvalue weighted by molar-refractivity contribution is 0.566. The molecule has 4 heteroatoms. The summed E-state index contributed by atoms with van der Waals surface area (Å²) in [5.74, 6) is 0.536. The number of aromatic nitrogens is 3. The number of anilines is 1. The van der Waals surface area contributed by atoms with E-state index in [1.165, 1.54) is 0 Å². The molecular weight excluding hydrogens is 128 g/mol. The van der Waals surface area contributed by atoms with E-state index in [0.717, 1.165) is 18.7 Å². The zero-order valence-electron chi connectivity index (χ0n) is 6.33. The minimum absolute atomic E-state index is 0.536. The number of nitrogen functional groups attached to an aromatic ring is 1. The van der Waals surface area contributed by atoms with Gasteiger partial charge in [-0.3, -0.25) is 0 Å². The van der Waals surface area contributed by atoms with Crippen LogP contribution in [0.15, 0.2) is 0 Å². The van der Waals surface area contributed by atoms with Gasteiger partial charge in [-0.25, -0.2) is 4.68 Å². The van der Waals surface area contributed by atoms with Crippen molar-refractivity contribution in [1.29, 1.82) is 0 Å². The first-order valence-electron chi connectivity index (χ1n) is 3.41. The van der Waals surface area contributed by atoms with Crippen molar-refractivity contribution in [2.75, 3.05) is 5.73 Å². The zero-order chi connectivity index (χ0) is 7.56. The molecule has 0 bridgehead atoms. The Bertz CT molecular complexity index is 216. The molecule has 0 saturated heterocycles. The molecule has 0 aliphatic carbocycles. The maximum Gasteiger partial charge on any atom is 0.168 e. The third-order valence-electron chi connectivity index (χ3n) is 1.45. The molecule has 0 saturated carbocycles. The average molecular weight is 140 g/mol. The first kappa shape index (κ1) is 7.05. The fraction of sp³-hybridized carbons (Fsp3) is 0.667. The SMILES string of the molecule is CCCn1nnc(N)c1C. The lowest BCUT2D eigenvalue weighted by Gasteiger charge is -1.97. The molecular formula is C6H12N4. The molecule has 2 N–H and O–H groups in total. The molecule has 10 heavy (non-hydrogen) atoms. The summed E-state index contributed by atoms with van der Waals surface area (Å²) in [6.45, 7) is 4.92. The number of hydrogen-bond donors (Lipinski definition) is 1. The summed E-state index contributed by atoms with van der Waals surface area (Å²) in [6, 6.07) is 0. The predicted molar refractivity (Wildman–Crippen MR) is 39.5 cm³/mol. The highest BCUT2D eigenvalue weighted by molar-refractivity contribution is 5.30. The van der Waals surface area contributed by atoms with Crippen LogP contribution in [0.25, 0.3) is 0 Å². The van der Waals surface area contributed by atoms with E-state index in [1.807, 2.05) is 11.6 Å². The summed E-state index contributed by atoms with van der Waals surface area (Å²) in [5.41, 5.74) is 6.44. The molecule has 1 aromatic heterocycles. The van der Waals surface area contributed by atoms with Crippen molar-refractivity contribution in [2.24, 2.45) is 0 Å². The summed E-state index contributed by atoms with van der Waals surface area (Å²) in [5, 5.41) is 7.57. The van der Waals surface area contributed by atoms with Crippen LogP contribution in [0.4, 0.5) is 5.82 Å². The summed E-state index contributed by atoms with van der Waals surface area (Å²) in [6.07, 6.45) is 1.06. The van der Waals surface area contributed by atoms with Crippen molar-refractivity contribution in [1.82, 2.24) is 15.0 Å². The third kappa shape index (κ3) is 1.10. The smallest absolute Gasteiger partial charge is 0.168 e. The quantitative estimate of drug-likeness (QED) is 0.653. The topological polar surface area (TPSA) is 56.7 Å². The maximum absolute atomic E-state index is 5.48. The number of aryl methyl sites for hydroxylation is 1. The van der Waals surface area contributed by atoms with Gasteiger partial charge in [0.05, 0.1) is 5.69 Å². The highest BCUT2D eigenvalue weighted by Crippen LogP contribution is 2.04. The van der Waals surface area contributed by atoms with Gasteiger partial charge in [0, 0.05) is 6.54 Å². The highest BCUT2D eigenvalue weighted by atomic mass is 15.4. The van der Waals surface area contributed by atoms with Crippen LogP contribution in [0.2, 0.25) is 0 Å². The Labute approximate surface area is 60.0 Å². The molecule has 56 valence electrons. The van der Waals surface area contributed by atoms with E-state index >= 15 is 0 Å². The van der Waals surface area contributed by atoms with Gasteiger partial charge in [0.1, 0.15) is 0 Å². The molecule has 0 radical (unpaired) electrons. The van der Waals surface area contributed by atoms with Crippen molar-refractivity contribution < 1.29 is 0 Å². The van der Waals surface area contributed by atoms with Gasteiger partial charge in [-0.05, 0) is 13.3 Å². The molecule has 1 rings (SSSR count). The van der Waals surface area contributed by atoms with Crippen molar-refractivity contribution in [3.05, 3.63) is 5.69 Å². The molecule has 0 fully saturated rings. The molecule has 4 nitrogen and oxygen atoms in total. The van der Waals surface area contributed by atoms with Crippen LogP contribution in [0.3, 0.4) is 0 Å². The zero-order valence-corrected chi connectivity index (χ0v) is 6.33. The Morgan fingerprint density at radius 3 is 2.70 bits per heavy atom. The van der Waals surface area contributed by atoms with E-state index in [1.54, 1.807) is 0 Å². The molecule has 0 atom stereocenters. The lowest BCUT2D eigenvalue weighted by Crippen LogP contribution is -2.01. The van der Waals surface area contributed by atoms with Crippen LogP contribution in [0, 0.1) is 6.92 Å². The van der Waals surface area contributed by atoms with Crippen molar-refractivity contribution in [3.8, 4) is 0 Å². The molecule has 0 aliphatic heterocycles. The van der Waals surface area contributed by atoms with E-state index in [9.17, 15) is 0 Å². The Kier molecular flexibility index (Phi) is 1.89. The minimum atomic E-state index is 0.536. The average Bonchev–Trinajstić information content (AvgIpc) is 2.20. The third-order valence-corrected chi connectivity index (χ3v) is 1.45. The van der Waals surface area contributed by atoms with E-state index in [4.69, 9.17) is 5.73 Å². The van der Waals surface area contributed by atoms with Crippen molar-refractivity contribution in [2.45, 2.75) is 26.8 Å². The van der Waals surface area contributed by atoms with Crippen LogP contribution in [0.5, 0.6) is 0 Å². The van der Waals surface area contributed by atoms with Crippen molar-refractivity contribution in [3.63, 3.8) is 0 Å². The Morgan fingerprint density at radius 2 is 2.30 bits per heavy atom. The van der Waals surface area contributed by atoms with Crippen LogP contribution in [-0.4, -0.2) is 15.0 Å². The molecule has 1 heterocycles. The van der Waals surface area contributed by atoms with E-state index in [-0.39, 0.29) is 0 Å². The van der Waals surface area contributed by atoms with Gasteiger partial charge in [0.25, 0.3) is 0 Å². The first-order valence-corrected chi connectivity index (χ1v) is 3.41. The summed E-state index contributed by atoms with van der Waals surface area (Å²) in [4.78, 5) is 0. The van der Waals surface area contributed by atoms with E-state index < -0.39 is 0 Å². The van der Waals surface area contributed by atoms with Gasteiger partial charge in [0.2, 0.25) is 0 Å². The molecule has 0 aromatic carbocycles. The number of hydrogen-bond acceptors (Lipinski definition) is 3. The van der Waals surface area contributed by atoms with Crippen LogP contribution >= 0.6 is 0 Å². The van der Waals surface area contributed by atoms with Crippen LogP contribution in [-0.2, 0) is 6.54 Å². The number of nitrogens with zero attached hydrogens (tertiary/aromatic N) is 3. The summed E-state index contributed by atoms with van der Waals surface area (Å²) >= 11 is 0. The second-order valence-electron chi connectivity index (χ2n) is 2.28. The Balaban J connectivity index is 2.83.